The van der Waals surface area contributed by atoms with E-state index in [0.29, 0.717) is 22.1 Å². The smallest absolute Gasteiger partial charge is 0.199 e. The molecule has 1 N–H and O–H groups in total. The second kappa shape index (κ2) is 3.27. The molecule has 90 valence electrons. The molecule has 2 aromatic carbocycles. The SMILES string of the molecule is CC(=O)c1ccc2c3c(cccc13)C(=O)C2(C)O. The maximum Gasteiger partial charge on any atom is 0.199 e. The van der Waals surface area contributed by atoms with E-state index in [9.17, 15) is 14.7 Å². The summed E-state index contributed by atoms with van der Waals surface area (Å²) >= 11 is 0. The standard InChI is InChI=1S/C15H12O3/c1-8(16)9-6-7-12-13-10(9)4-3-5-11(13)14(17)15(12,2)18/h3-7,18H,1-2H3. The number of carbonyl (C=O) groups is 2. The van der Waals surface area contributed by atoms with Gasteiger partial charge in [0.15, 0.2) is 17.2 Å². The highest BCUT2D eigenvalue weighted by molar-refractivity contribution is 6.22. The fourth-order valence-electron chi connectivity index (χ4n) is 2.69. The third-order valence-corrected chi connectivity index (χ3v) is 3.63. The summed E-state index contributed by atoms with van der Waals surface area (Å²) in [5.41, 5.74) is 0.178. The van der Waals surface area contributed by atoms with Gasteiger partial charge in [-0.25, -0.2) is 0 Å². The lowest BCUT2D eigenvalue weighted by atomic mass is 9.94. The molecule has 0 spiro atoms. The molecule has 0 fully saturated rings. The van der Waals surface area contributed by atoms with E-state index in [1.54, 1.807) is 24.3 Å². The first-order valence-electron chi connectivity index (χ1n) is 5.79. The van der Waals surface area contributed by atoms with Crippen LogP contribution in [-0.4, -0.2) is 16.7 Å². The summed E-state index contributed by atoms with van der Waals surface area (Å²) in [5, 5.41) is 11.7. The van der Waals surface area contributed by atoms with E-state index < -0.39 is 5.60 Å². The zero-order valence-corrected chi connectivity index (χ0v) is 10.2. The molecule has 0 amide bonds. The molecule has 1 unspecified atom stereocenters. The van der Waals surface area contributed by atoms with Crippen molar-refractivity contribution in [1.82, 2.24) is 0 Å². The monoisotopic (exact) mass is 240 g/mol. The van der Waals surface area contributed by atoms with Crippen molar-refractivity contribution in [2.45, 2.75) is 19.4 Å². The molecule has 0 radical (unpaired) electrons. The van der Waals surface area contributed by atoms with E-state index in [-0.39, 0.29) is 11.6 Å². The topological polar surface area (TPSA) is 54.4 Å². The van der Waals surface area contributed by atoms with Crippen LogP contribution in [0.3, 0.4) is 0 Å². The van der Waals surface area contributed by atoms with Crippen LogP contribution in [-0.2, 0) is 5.60 Å². The van der Waals surface area contributed by atoms with E-state index >= 15 is 0 Å². The first-order valence-corrected chi connectivity index (χ1v) is 5.79. The van der Waals surface area contributed by atoms with Crippen LogP contribution in [0.5, 0.6) is 0 Å². The number of ketones is 2. The largest absolute Gasteiger partial charge is 0.377 e. The zero-order valence-electron chi connectivity index (χ0n) is 10.2. The van der Waals surface area contributed by atoms with Crippen molar-refractivity contribution in [3.63, 3.8) is 0 Å². The first kappa shape index (κ1) is 11.1. The van der Waals surface area contributed by atoms with E-state index in [1.807, 2.05) is 6.07 Å². The number of rotatable bonds is 1. The van der Waals surface area contributed by atoms with Gasteiger partial charge in [-0.05, 0) is 30.2 Å². The first-order chi connectivity index (χ1) is 8.44. The molecule has 0 aromatic heterocycles. The predicted octanol–water partition coefficient (Wildman–Crippen LogP) is 2.45. The number of hydrogen-bond donors (Lipinski definition) is 1. The summed E-state index contributed by atoms with van der Waals surface area (Å²) < 4.78 is 0. The van der Waals surface area contributed by atoms with Crippen LogP contribution in [0.4, 0.5) is 0 Å². The lowest BCUT2D eigenvalue weighted by Gasteiger charge is -2.16. The van der Waals surface area contributed by atoms with Crippen molar-refractivity contribution in [2.75, 3.05) is 0 Å². The molecule has 1 aliphatic carbocycles. The van der Waals surface area contributed by atoms with Crippen LogP contribution < -0.4 is 0 Å². The molecule has 2 aromatic rings. The maximum atomic E-state index is 12.1. The van der Waals surface area contributed by atoms with Crippen LogP contribution in [0.25, 0.3) is 10.8 Å². The van der Waals surface area contributed by atoms with Gasteiger partial charge >= 0.3 is 0 Å². The molecule has 18 heavy (non-hydrogen) atoms. The molecular formula is C15H12O3. The number of hydrogen-bond acceptors (Lipinski definition) is 3. The van der Waals surface area contributed by atoms with Gasteiger partial charge in [0.05, 0.1) is 0 Å². The molecule has 3 heteroatoms. The van der Waals surface area contributed by atoms with Crippen molar-refractivity contribution in [1.29, 1.82) is 0 Å². The Morgan fingerprint density at radius 1 is 1.22 bits per heavy atom. The van der Waals surface area contributed by atoms with Crippen molar-refractivity contribution in [3.05, 3.63) is 47.0 Å². The summed E-state index contributed by atoms with van der Waals surface area (Å²) in [7, 11) is 0. The van der Waals surface area contributed by atoms with Gasteiger partial charge in [0.25, 0.3) is 0 Å². The Labute approximate surface area is 104 Å². The summed E-state index contributed by atoms with van der Waals surface area (Å²) in [5.74, 6) is -0.346. The minimum absolute atomic E-state index is 0.0438. The van der Waals surface area contributed by atoms with Gasteiger partial charge in [-0.3, -0.25) is 9.59 Å². The third-order valence-electron chi connectivity index (χ3n) is 3.63. The molecule has 1 aliphatic rings. The van der Waals surface area contributed by atoms with Crippen molar-refractivity contribution >= 4 is 22.3 Å². The molecule has 0 aliphatic heterocycles. The minimum Gasteiger partial charge on any atom is -0.377 e. The van der Waals surface area contributed by atoms with E-state index in [0.717, 1.165) is 5.39 Å². The van der Waals surface area contributed by atoms with E-state index in [4.69, 9.17) is 0 Å². The normalized spacial score (nSPS) is 21.6. The zero-order chi connectivity index (χ0) is 13.1. The quantitative estimate of drug-likeness (QED) is 0.779. The van der Waals surface area contributed by atoms with Gasteiger partial charge in [0.1, 0.15) is 0 Å². The highest BCUT2D eigenvalue weighted by atomic mass is 16.3. The Balaban J connectivity index is 2.53. The Kier molecular flexibility index (Phi) is 2.02. The molecule has 0 bridgehead atoms. The van der Waals surface area contributed by atoms with E-state index in [1.165, 1.54) is 13.8 Å². The highest BCUT2D eigenvalue weighted by Crippen LogP contribution is 2.41. The van der Waals surface area contributed by atoms with Crippen LogP contribution in [0.1, 0.15) is 40.1 Å². The fraction of sp³-hybridized carbons (Fsp3) is 0.200. The summed E-state index contributed by atoms with van der Waals surface area (Å²) in [4.78, 5) is 23.7. The Morgan fingerprint density at radius 2 is 1.94 bits per heavy atom. The Bertz CT molecular complexity index is 711. The average Bonchev–Trinajstić information content (AvgIpc) is 2.53. The minimum atomic E-state index is -1.49. The Hall–Kier alpha value is -2.00. The van der Waals surface area contributed by atoms with Gasteiger partial charge < -0.3 is 5.11 Å². The lowest BCUT2D eigenvalue weighted by Crippen LogP contribution is -2.27. The highest BCUT2D eigenvalue weighted by Gasteiger charge is 2.42. The number of carbonyl (C=O) groups excluding carboxylic acids is 2. The summed E-state index contributed by atoms with van der Waals surface area (Å²) in [6.07, 6.45) is 0. The van der Waals surface area contributed by atoms with Crippen LogP contribution in [0.15, 0.2) is 30.3 Å². The van der Waals surface area contributed by atoms with Gasteiger partial charge in [0.2, 0.25) is 0 Å². The van der Waals surface area contributed by atoms with Crippen molar-refractivity contribution in [2.24, 2.45) is 0 Å². The molecule has 3 nitrogen and oxygen atoms in total. The van der Waals surface area contributed by atoms with Gasteiger partial charge in [0, 0.05) is 11.1 Å². The van der Waals surface area contributed by atoms with Crippen molar-refractivity contribution < 1.29 is 14.7 Å². The molecule has 0 heterocycles. The molecule has 0 saturated carbocycles. The molecule has 3 rings (SSSR count). The third kappa shape index (κ3) is 1.17. The van der Waals surface area contributed by atoms with Crippen LogP contribution in [0.2, 0.25) is 0 Å². The van der Waals surface area contributed by atoms with Gasteiger partial charge in [-0.1, -0.05) is 30.3 Å². The summed E-state index contributed by atoms with van der Waals surface area (Å²) in [6, 6.07) is 8.60. The van der Waals surface area contributed by atoms with E-state index in [2.05, 4.69) is 0 Å². The fourth-order valence-corrected chi connectivity index (χ4v) is 2.69. The molecule has 1 atom stereocenters. The second-order valence-corrected chi connectivity index (χ2v) is 4.85. The van der Waals surface area contributed by atoms with Crippen LogP contribution in [0, 0.1) is 0 Å². The molecular weight excluding hydrogens is 228 g/mol. The Morgan fingerprint density at radius 3 is 2.61 bits per heavy atom. The van der Waals surface area contributed by atoms with Crippen molar-refractivity contribution in [3.8, 4) is 0 Å². The number of benzene rings is 2. The van der Waals surface area contributed by atoms with Gasteiger partial charge in [-0.15, -0.1) is 0 Å². The lowest BCUT2D eigenvalue weighted by molar-refractivity contribution is 0.0425. The average molecular weight is 240 g/mol. The van der Waals surface area contributed by atoms with Crippen LogP contribution >= 0.6 is 0 Å². The van der Waals surface area contributed by atoms with Gasteiger partial charge in [-0.2, -0.15) is 0 Å². The second-order valence-electron chi connectivity index (χ2n) is 4.85. The number of aliphatic hydroxyl groups is 1. The predicted molar refractivity (Wildman–Crippen MR) is 67.9 cm³/mol. The molecule has 0 saturated heterocycles. The summed E-state index contributed by atoms with van der Waals surface area (Å²) in [6.45, 7) is 3.00. The number of Topliss-reactive ketones (excluding diaryl/α,β-unsaturated/α-hetero) is 2. The maximum absolute atomic E-state index is 12.1.